The number of piperidine rings is 1. The van der Waals surface area contributed by atoms with Crippen molar-refractivity contribution in [3.8, 4) is 0 Å². The van der Waals surface area contributed by atoms with Crippen LogP contribution in [0.2, 0.25) is 10.0 Å². The summed E-state index contributed by atoms with van der Waals surface area (Å²) < 4.78 is 0. The molecule has 1 unspecified atom stereocenters. The van der Waals surface area contributed by atoms with Crippen molar-refractivity contribution in [3.05, 3.63) is 27.7 Å². The molecule has 1 aromatic carbocycles. The highest BCUT2D eigenvalue weighted by molar-refractivity contribution is 6.38. The van der Waals surface area contributed by atoms with Gasteiger partial charge in [0.15, 0.2) is 0 Å². The van der Waals surface area contributed by atoms with Gasteiger partial charge < -0.3 is 15.5 Å². The molecule has 2 aliphatic rings. The van der Waals surface area contributed by atoms with Crippen molar-refractivity contribution in [3.63, 3.8) is 0 Å². The van der Waals surface area contributed by atoms with Crippen LogP contribution < -0.4 is 10.6 Å². The molecule has 130 valence electrons. The Kier molecular flexibility index (Phi) is 5.21. The van der Waals surface area contributed by atoms with Crippen molar-refractivity contribution in [1.82, 2.24) is 10.2 Å². The number of amides is 3. The Morgan fingerprint density at radius 1 is 1.21 bits per heavy atom. The summed E-state index contributed by atoms with van der Waals surface area (Å²) in [7, 11) is 0. The zero-order valence-corrected chi connectivity index (χ0v) is 15.1. The third-order valence-corrected chi connectivity index (χ3v) is 5.46. The van der Waals surface area contributed by atoms with Crippen LogP contribution in [0.5, 0.6) is 0 Å². The van der Waals surface area contributed by atoms with E-state index >= 15 is 0 Å². The Balaban J connectivity index is 1.56. The molecule has 3 rings (SSSR count). The van der Waals surface area contributed by atoms with E-state index < -0.39 is 0 Å². The van der Waals surface area contributed by atoms with Crippen LogP contribution in [0.4, 0.5) is 10.5 Å². The Morgan fingerprint density at radius 2 is 1.96 bits per heavy atom. The van der Waals surface area contributed by atoms with E-state index in [0.717, 1.165) is 37.8 Å². The molecule has 1 saturated carbocycles. The average Bonchev–Trinajstić information content (AvgIpc) is 3.40. The quantitative estimate of drug-likeness (QED) is 0.850. The number of carbonyl (C=O) groups is 2. The minimum atomic E-state index is -0.315. The third kappa shape index (κ3) is 3.95. The van der Waals surface area contributed by atoms with Gasteiger partial charge in [0, 0.05) is 30.1 Å². The van der Waals surface area contributed by atoms with Gasteiger partial charge in [-0.25, -0.2) is 4.79 Å². The minimum Gasteiger partial charge on any atom is -0.340 e. The smallest absolute Gasteiger partial charge is 0.319 e. The fourth-order valence-electron chi connectivity index (χ4n) is 2.99. The largest absolute Gasteiger partial charge is 0.340 e. The van der Waals surface area contributed by atoms with Gasteiger partial charge in [0.25, 0.3) is 0 Å². The fourth-order valence-corrected chi connectivity index (χ4v) is 3.40. The minimum absolute atomic E-state index is 0.0337. The van der Waals surface area contributed by atoms with E-state index in [1.807, 2.05) is 4.90 Å². The van der Waals surface area contributed by atoms with Crippen LogP contribution in [-0.2, 0) is 4.79 Å². The SMILES string of the molecule is Cc1c(Cl)ccc(NC(=O)NC2CCCN(C(=O)C3CC3)C2)c1Cl. The van der Waals surface area contributed by atoms with Crippen LogP contribution in [0.25, 0.3) is 0 Å². The molecule has 1 aliphatic heterocycles. The third-order valence-electron chi connectivity index (χ3n) is 4.56. The molecule has 0 spiro atoms. The summed E-state index contributed by atoms with van der Waals surface area (Å²) in [5.41, 5.74) is 1.26. The molecule has 2 N–H and O–H groups in total. The molecule has 0 aromatic heterocycles. The van der Waals surface area contributed by atoms with E-state index in [2.05, 4.69) is 10.6 Å². The van der Waals surface area contributed by atoms with E-state index in [9.17, 15) is 9.59 Å². The van der Waals surface area contributed by atoms with Crippen LogP contribution in [0.3, 0.4) is 0 Å². The maximum absolute atomic E-state index is 12.2. The highest BCUT2D eigenvalue weighted by Crippen LogP contribution is 2.32. The molecule has 1 aromatic rings. The van der Waals surface area contributed by atoms with Crippen LogP contribution >= 0.6 is 23.2 Å². The fraction of sp³-hybridized carbons (Fsp3) is 0.529. The number of hydrogen-bond acceptors (Lipinski definition) is 2. The summed E-state index contributed by atoms with van der Waals surface area (Å²) in [5, 5.41) is 6.70. The molecule has 1 atom stereocenters. The first kappa shape index (κ1) is 17.4. The number of anilines is 1. The lowest BCUT2D eigenvalue weighted by atomic mass is 10.1. The molecule has 2 fully saturated rings. The molecule has 1 heterocycles. The van der Waals surface area contributed by atoms with Gasteiger partial charge in [0.1, 0.15) is 0 Å². The van der Waals surface area contributed by atoms with Gasteiger partial charge in [-0.15, -0.1) is 0 Å². The zero-order valence-electron chi connectivity index (χ0n) is 13.6. The second-order valence-corrected chi connectivity index (χ2v) is 7.32. The Morgan fingerprint density at radius 3 is 2.67 bits per heavy atom. The normalized spacial score (nSPS) is 20.6. The van der Waals surface area contributed by atoms with E-state index in [-0.39, 0.29) is 23.9 Å². The van der Waals surface area contributed by atoms with Gasteiger partial charge in [0.2, 0.25) is 5.91 Å². The van der Waals surface area contributed by atoms with Crippen molar-refractivity contribution in [1.29, 1.82) is 0 Å². The number of halogens is 2. The highest BCUT2D eigenvalue weighted by Gasteiger charge is 2.35. The maximum Gasteiger partial charge on any atom is 0.319 e. The van der Waals surface area contributed by atoms with E-state index in [1.54, 1.807) is 19.1 Å². The predicted octanol–water partition coefficient (Wildman–Crippen LogP) is 3.82. The lowest BCUT2D eigenvalue weighted by Gasteiger charge is -2.33. The summed E-state index contributed by atoms with van der Waals surface area (Å²) in [6, 6.07) is 3.04. The zero-order chi connectivity index (χ0) is 17.3. The van der Waals surface area contributed by atoms with E-state index in [1.165, 1.54) is 0 Å². The molecule has 5 nitrogen and oxygen atoms in total. The number of likely N-dealkylation sites (tertiary alicyclic amines) is 1. The van der Waals surface area contributed by atoms with Gasteiger partial charge in [-0.2, -0.15) is 0 Å². The molecule has 1 aliphatic carbocycles. The van der Waals surface area contributed by atoms with E-state index in [4.69, 9.17) is 23.2 Å². The Hall–Kier alpha value is -1.46. The van der Waals surface area contributed by atoms with Crippen molar-refractivity contribution >= 4 is 40.8 Å². The van der Waals surface area contributed by atoms with Crippen molar-refractivity contribution in [2.45, 2.75) is 38.6 Å². The standard InChI is InChI=1S/C17H21Cl2N3O2/c1-10-13(18)6-7-14(15(10)19)21-17(24)20-12-3-2-8-22(9-12)16(23)11-4-5-11/h6-7,11-12H,2-5,8-9H2,1H3,(H2,20,21,24). The first-order valence-corrected chi connectivity index (χ1v) is 9.02. The molecule has 1 saturated heterocycles. The second-order valence-electron chi connectivity index (χ2n) is 6.53. The summed E-state index contributed by atoms with van der Waals surface area (Å²) in [6.45, 7) is 3.17. The number of nitrogens with one attached hydrogen (secondary N) is 2. The van der Waals surface area contributed by atoms with Gasteiger partial charge in [-0.05, 0) is 50.3 Å². The van der Waals surface area contributed by atoms with Crippen molar-refractivity contribution in [2.24, 2.45) is 5.92 Å². The Bertz CT molecular complexity index is 661. The number of carbonyl (C=O) groups excluding carboxylic acids is 2. The topological polar surface area (TPSA) is 61.4 Å². The number of hydrogen-bond donors (Lipinski definition) is 2. The van der Waals surface area contributed by atoms with Crippen LogP contribution in [0.15, 0.2) is 12.1 Å². The van der Waals surface area contributed by atoms with Gasteiger partial charge in [-0.1, -0.05) is 23.2 Å². The van der Waals surface area contributed by atoms with Gasteiger partial charge in [0.05, 0.1) is 10.7 Å². The highest BCUT2D eigenvalue weighted by atomic mass is 35.5. The van der Waals surface area contributed by atoms with Crippen molar-refractivity contribution in [2.75, 3.05) is 18.4 Å². The van der Waals surface area contributed by atoms with Crippen LogP contribution in [0.1, 0.15) is 31.2 Å². The second kappa shape index (κ2) is 7.19. The molecule has 0 radical (unpaired) electrons. The number of nitrogens with zero attached hydrogens (tertiary/aromatic N) is 1. The van der Waals surface area contributed by atoms with Gasteiger partial charge in [-0.3, -0.25) is 4.79 Å². The first-order chi connectivity index (χ1) is 11.5. The molecular formula is C17H21Cl2N3O2. The summed E-state index contributed by atoms with van der Waals surface area (Å²) in [5.74, 6) is 0.451. The van der Waals surface area contributed by atoms with Crippen LogP contribution in [0, 0.1) is 12.8 Å². The number of rotatable bonds is 3. The maximum atomic E-state index is 12.2. The number of benzene rings is 1. The summed E-state index contributed by atoms with van der Waals surface area (Å²) >= 11 is 12.2. The molecule has 24 heavy (non-hydrogen) atoms. The molecule has 0 bridgehead atoms. The Labute approximate surface area is 151 Å². The summed E-state index contributed by atoms with van der Waals surface area (Å²) in [4.78, 5) is 26.3. The summed E-state index contributed by atoms with van der Waals surface area (Å²) in [6.07, 6.45) is 3.78. The first-order valence-electron chi connectivity index (χ1n) is 8.26. The van der Waals surface area contributed by atoms with Crippen LogP contribution in [-0.4, -0.2) is 36.0 Å². The van der Waals surface area contributed by atoms with Crippen molar-refractivity contribution < 1.29 is 9.59 Å². The molecule has 3 amide bonds. The van der Waals surface area contributed by atoms with Gasteiger partial charge >= 0.3 is 6.03 Å². The monoisotopic (exact) mass is 369 g/mol. The molecular weight excluding hydrogens is 349 g/mol. The molecule has 7 heteroatoms. The van der Waals surface area contributed by atoms with E-state index in [0.29, 0.717) is 22.3 Å². The lowest BCUT2D eigenvalue weighted by Crippen LogP contribution is -2.50. The number of urea groups is 1. The average molecular weight is 370 g/mol. The lowest BCUT2D eigenvalue weighted by molar-refractivity contribution is -0.133. The predicted molar refractivity (Wildman–Crippen MR) is 95.7 cm³/mol.